The topological polar surface area (TPSA) is 103 Å². The molecule has 3 N–H and O–H groups in total. The molecule has 0 atom stereocenters. The Bertz CT molecular complexity index is 1250. The van der Waals surface area contributed by atoms with Crippen molar-refractivity contribution in [3.8, 4) is 0 Å². The van der Waals surface area contributed by atoms with Crippen molar-refractivity contribution in [2.24, 2.45) is 0 Å². The number of nitrogens with zero attached hydrogens (tertiary/aromatic N) is 2. The van der Waals surface area contributed by atoms with Crippen LogP contribution in [0.1, 0.15) is 35.7 Å². The van der Waals surface area contributed by atoms with Gasteiger partial charge in [0, 0.05) is 61.3 Å². The zero-order valence-electron chi connectivity index (χ0n) is 21.9. The highest BCUT2D eigenvalue weighted by Crippen LogP contribution is 2.29. The molecule has 0 unspecified atom stereocenters. The Morgan fingerprint density at radius 2 is 1.82 bits per heavy atom. The minimum Gasteiger partial charge on any atom is -0.488 e. The summed E-state index contributed by atoms with van der Waals surface area (Å²) in [6, 6.07) is 10.5. The number of benzene rings is 2. The monoisotopic (exact) mass is 573 g/mol. The summed E-state index contributed by atoms with van der Waals surface area (Å²) in [4.78, 5) is 42.2. The first-order chi connectivity index (χ1) is 18.9. The predicted octanol–water partition coefficient (Wildman–Crippen LogP) is 4.45. The molecule has 208 valence electrons. The van der Waals surface area contributed by atoms with Crippen LogP contribution in [0.25, 0.3) is 0 Å². The Morgan fingerprint density at radius 1 is 0.974 bits per heavy atom. The largest absolute Gasteiger partial charge is 0.488 e. The molecule has 4 rings (SSSR count). The highest BCUT2D eigenvalue weighted by atomic mass is 35.5. The molecule has 2 aromatic rings. The second-order valence-corrected chi connectivity index (χ2v) is 10.1. The molecule has 2 aliphatic rings. The summed E-state index contributed by atoms with van der Waals surface area (Å²) < 4.78 is 5.43. The first-order valence-corrected chi connectivity index (χ1v) is 13.9. The summed E-state index contributed by atoms with van der Waals surface area (Å²) in [5.74, 6) is -0.354. The van der Waals surface area contributed by atoms with E-state index in [1.165, 1.54) is 0 Å². The fraction of sp³-hybridized carbons (Fsp3) is 0.393. The van der Waals surface area contributed by atoms with Gasteiger partial charge in [-0.1, -0.05) is 29.3 Å². The zero-order chi connectivity index (χ0) is 27.8. The normalized spacial score (nSPS) is 15.2. The molecule has 0 spiro atoms. The van der Waals surface area contributed by atoms with Gasteiger partial charge in [-0.15, -0.1) is 0 Å². The van der Waals surface area contributed by atoms with Gasteiger partial charge in [0.1, 0.15) is 0 Å². The lowest BCUT2D eigenvalue weighted by atomic mass is 10.1. The number of anilines is 2. The Hall–Kier alpha value is -3.43. The van der Waals surface area contributed by atoms with Crippen molar-refractivity contribution in [3.05, 3.63) is 69.4 Å². The maximum Gasteiger partial charge on any atom is 0.317 e. The van der Waals surface area contributed by atoms with E-state index in [1.54, 1.807) is 35.2 Å². The van der Waals surface area contributed by atoms with Gasteiger partial charge in [-0.2, -0.15) is 0 Å². The zero-order valence-corrected chi connectivity index (χ0v) is 23.4. The molecular formula is C28H33Cl2N5O4. The lowest BCUT2D eigenvalue weighted by Crippen LogP contribution is -2.42. The van der Waals surface area contributed by atoms with Gasteiger partial charge in [0.25, 0.3) is 11.8 Å². The van der Waals surface area contributed by atoms with Crippen LogP contribution in [0.4, 0.5) is 16.2 Å². The number of halogens is 2. The minimum absolute atomic E-state index is 0.0786. The van der Waals surface area contributed by atoms with E-state index >= 15 is 0 Å². The van der Waals surface area contributed by atoms with Crippen LogP contribution in [0.2, 0.25) is 10.0 Å². The van der Waals surface area contributed by atoms with E-state index in [1.807, 2.05) is 19.1 Å². The lowest BCUT2D eigenvalue weighted by molar-refractivity contribution is -0.115. The van der Waals surface area contributed by atoms with Crippen LogP contribution in [0, 0.1) is 0 Å². The molecule has 11 heteroatoms. The van der Waals surface area contributed by atoms with E-state index in [0.717, 1.165) is 17.7 Å². The Labute approximate surface area is 238 Å². The van der Waals surface area contributed by atoms with Gasteiger partial charge >= 0.3 is 6.03 Å². The van der Waals surface area contributed by atoms with E-state index < -0.39 is 0 Å². The second-order valence-electron chi connectivity index (χ2n) is 9.30. The SMILES string of the molecule is CCNC(=O)N1CCCN(c2ccc(C(=O)NCCc3ccc(Cl)cc3Cl)cc2NC(=O)C2=CCCO2)CC1. The van der Waals surface area contributed by atoms with E-state index in [9.17, 15) is 14.4 Å². The summed E-state index contributed by atoms with van der Waals surface area (Å²) in [7, 11) is 0. The third kappa shape index (κ3) is 7.58. The Kier molecular flexibility index (Phi) is 9.95. The number of rotatable bonds is 8. The number of urea groups is 1. The van der Waals surface area contributed by atoms with Crippen molar-refractivity contribution in [2.45, 2.75) is 26.2 Å². The van der Waals surface area contributed by atoms with Gasteiger partial charge in [-0.05, 0) is 61.7 Å². The highest BCUT2D eigenvalue weighted by Gasteiger charge is 2.23. The van der Waals surface area contributed by atoms with Gasteiger partial charge in [0.15, 0.2) is 5.76 Å². The minimum atomic E-state index is -0.359. The van der Waals surface area contributed by atoms with Gasteiger partial charge in [0.2, 0.25) is 0 Å². The van der Waals surface area contributed by atoms with Crippen LogP contribution in [0.5, 0.6) is 0 Å². The fourth-order valence-corrected chi connectivity index (χ4v) is 5.08. The summed E-state index contributed by atoms with van der Waals surface area (Å²) in [5.41, 5.74) is 2.59. The van der Waals surface area contributed by atoms with E-state index in [2.05, 4.69) is 20.9 Å². The molecule has 2 aliphatic heterocycles. The van der Waals surface area contributed by atoms with Crippen LogP contribution < -0.4 is 20.9 Å². The molecule has 2 aromatic carbocycles. The van der Waals surface area contributed by atoms with E-state index in [0.29, 0.717) is 80.0 Å². The highest BCUT2D eigenvalue weighted by molar-refractivity contribution is 6.35. The molecule has 4 amide bonds. The maximum atomic E-state index is 13.0. The number of hydrogen-bond acceptors (Lipinski definition) is 5. The third-order valence-electron chi connectivity index (χ3n) is 6.58. The molecule has 1 fully saturated rings. The van der Waals surface area contributed by atoms with Gasteiger partial charge in [0.05, 0.1) is 18.0 Å². The molecule has 0 saturated carbocycles. The molecule has 0 aliphatic carbocycles. The van der Waals surface area contributed by atoms with E-state index in [-0.39, 0.29) is 23.6 Å². The quantitative estimate of drug-likeness (QED) is 0.433. The predicted molar refractivity (Wildman–Crippen MR) is 154 cm³/mol. The van der Waals surface area contributed by atoms with Crippen LogP contribution in [0.3, 0.4) is 0 Å². The van der Waals surface area contributed by atoms with Crippen molar-refractivity contribution in [1.82, 2.24) is 15.5 Å². The molecular weight excluding hydrogens is 541 g/mol. The molecule has 0 radical (unpaired) electrons. The Morgan fingerprint density at radius 3 is 2.56 bits per heavy atom. The number of carbonyl (C=O) groups is 3. The average Bonchev–Trinajstić information content (AvgIpc) is 3.35. The first kappa shape index (κ1) is 28.6. The molecule has 39 heavy (non-hydrogen) atoms. The molecule has 9 nitrogen and oxygen atoms in total. The van der Waals surface area contributed by atoms with Crippen molar-refractivity contribution >= 4 is 52.4 Å². The number of nitrogens with one attached hydrogen (secondary N) is 3. The van der Waals surface area contributed by atoms with Gasteiger partial charge in [-0.25, -0.2) is 4.79 Å². The number of hydrogen-bond donors (Lipinski definition) is 3. The third-order valence-corrected chi connectivity index (χ3v) is 7.17. The molecule has 1 saturated heterocycles. The molecule has 0 aromatic heterocycles. The van der Waals surface area contributed by atoms with Crippen LogP contribution in [-0.2, 0) is 16.0 Å². The van der Waals surface area contributed by atoms with Crippen molar-refractivity contribution < 1.29 is 19.1 Å². The van der Waals surface area contributed by atoms with Crippen LogP contribution >= 0.6 is 23.2 Å². The first-order valence-electron chi connectivity index (χ1n) is 13.1. The van der Waals surface area contributed by atoms with Crippen LogP contribution in [-0.4, -0.2) is 68.6 Å². The summed E-state index contributed by atoms with van der Waals surface area (Å²) in [6.07, 6.45) is 3.75. The van der Waals surface area contributed by atoms with Gasteiger partial charge < -0.3 is 30.5 Å². The lowest BCUT2D eigenvalue weighted by Gasteiger charge is -2.26. The summed E-state index contributed by atoms with van der Waals surface area (Å²) in [6.45, 7) is 5.79. The fourth-order valence-electron chi connectivity index (χ4n) is 4.57. The van der Waals surface area contributed by atoms with E-state index in [4.69, 9.17) is 27.9 Å². The van der Waals surface area contributed by atoms with Crippen LogP contribution in [0.15, 0.2) is 48.2 Å². The van der Waals surface area contributed by atoms with Crippen molar-refractivity contribution in [3.63, 3.8) is 0 Å². The second kappa shape index (κ2) is 13.6. The summed E-state index contributed by atoms with van der Waals surface area (Å²) >= 11 is 12.2. The van der Waals surface area contributed by atoms with Gasteiger partial charge in [-0.3, -0.25) is 9.59 Å². The molecule has 2 heterocycles. The number of amides is 4. The van der Waals surface area contributed by atoms with Crippen molar-refractivity contribution in [1.29, 1.82) is 0 Å². The Balaban J connectivity index is 1.49. The maximum absolute atomic E-state index is 13.0. The number of carbonyl (C=O) groups excluding carboxylic acids is 3. The standard InChI is InChI=1S/C28H33Cl2N5O4/c1-2-31-28(38)35-13-4-12-34(14-15-35)24-9-7-20(17-23(24)33-27(37)25-5-3-16-39-25)26(36)32-11-10-19-6-8-21(29)18-22(19)30/h5-9,17-18H,2-4,10-16H2,1H3,(H,31,38)(H,32,36)(H,33,37). The summed E-state index contributed by atoms with van der Waals surface area (Å²) in [5, 5.41) is 9.82. The smallest absolute Gasteiger partial charge is 0.317 e. The number of ether oxygens (including phenoxy) is 1. The average molecular weight is 575 g/mol. The molecule has 0 bridgehead atoms. The van der Waals surface area contributed by atoms with Crippen molar-refractivity contribution in [2.75, 3.05) is 56.1 Å².